The van der Waals surface area contributed by atoms with Gasteiger partial charge in [0.25, 0.3) is 0 Å². The van der Waals surface area contributed by atoms with Gasteiger partial charge in [-0.25, -0.2) is 4.98 Å². The van der Waals surface area contributed by atoms with Crippen LogP contribution < -0.4 is 15.5 Å². The van der Waals surface area contributed by atoms with E-state index in [9.17, 15) is 0 Å². The Morgan fingerprint density at radius 1 is 0.943 bits per heavy atom. The van der Waals surface area contributed by atoms with Crippen molar-refractivity contribution >= 4 is 34.3 Å². The second-order valence-electron chi connectivity index (χ2n) is 9.32. The molecule has 0 atom stereocenters. The molecular formula is C25H36N8O2. The standard InChI is InChI=1S/C25H36N8O2/c1-19(2)33-18-27-22-23(26-8-3-9-31-10-14-34-15-11-31)29-25(30-24(22)33)28-20-4-6-21(7-5-20)32-12-16-35-17-13-32/h4-7,18-19H,3,8-17H2,1-2H3,(H2,26,28,29,30). The van der Waals surface area contributed by atoms with Gasteiger partial charge in [-0.3, -0.25) is 4.90 Å². The molecule has 0 spiro atoms. The van der Waals surface area contributed by atoms with Crippen LogP contribution in [0, 0.1) is 0 Å². The van der Waals surface area contributed by atoms with Crippen LogP contribution in [0.3, 0.4) is 0 Å². The molecule has 2 aliphatic rings. The van der Waals surface area contributed by atoms with Crippen LogP contribution in [0.2, 0.25) is 0 Å². The number of anilines is 4. The molecular weight excluding hydrogens is 444 g/mol. The van der Waals surface area contributed by atoms with Crippen molar-refractivity contribution in [2.75, 3.05) is 81.2 Å². The SMILES string of the molecule is CC(C)n1cnc2c(NCCCN3CCOCC3)nc(Nc3ccc(N4CCOCC4)cc3)nc21. The molecule has 2 saturated heterocycles. The topological polar surface area (TPSA) is 92.6 Å². The normalized spacial score (nSPS) is 17.3. The maximum absolute atomic E-state index is 5.46. The zero-order chi connectivity index (χ0) is 24.0. The molecule has 0 unspecified atom stereocenters. The van der Waals surface area contributed by atoms with E-state index in [4.69, 9.17) is 19.4 Å². The molecule has 0 aliphatic carbocycles. The van der Waals surface area contributed by atoms with E-state index >= 15 is 0 Å². The van der Waals surface area contributed by atoms with Crippen molar-refractivity contribution in [2.45, 2.75) is 26.3 Å². The molecule has 3 aromatic rings. The molecule has 188 valence electrons. The summed E-state index contributed by atoms with van der Waals surface area (Å²) in [5.74, 6) is 1.33. The number of ether oxygens (including phenoxy) is 2. The fraction of sp³-hybridized carbons (Fsp3) is 0.560. The number of hydrogen-bond donors (Lipinski definition) is 2. The summed E-state index contributed by atoms with van der Waals surface area (Å²) < 4.78 is 13.0. The van der Waals surface area contributed by atoms with E-state index in [2.05, 4.69) is 68.1 Å². The summed E-state index contributed by atoms with van der Waals surface area (Å²) in [6.45, 7) is 13.2. The van der Waals surface area contributed by atoms with Crippen LogP contribution in [0.15, 0.2) is 30.6 Å². The van der Waals surface area contributed by atoms with E-state index in [1.54, 1.807) is 0 Å². The van der Waals surface area contributed by atoms with E-state index < -0.39 is 0 Å². The maximum Gasteiger partial charge on any atom is 0.231 e. The second kappa shape index (κ2) is 11.2. The van der Waals surface area contributed by atoms with Gasteiger partial charge in [0.1, 0.15) is 0 Å². The fourth-order valence-electron chi connectivity index (χ4n) is 4.51. The highest BCUT2D eigenvalue weighted by atomic mass is 16.5. The summed E-state index contributed by atoms with van der Waals surface area (Å²) in [5, 5.41) is 6.91. The highest BCUT2D eigenvalue weighted by Crippen LogP contribution is 2.26. The average molecular weight is 481 g/mol. The Labute approximate surface area is 206 Å². The van der Waals surface area contributed by atoms with Gasteiger partial charge >= 0.3 is 0 Å². The van der Waals surface area contributed by atoms with Crippen LogP contribution in [0.5, 0.6) is 0 Å². The maximum atomic E-state index is 5.46. The molecule has 0 radical (unpaired) electrons. The smallest absolute Gasteiger partial charge is 0.231 e. The largest absolute Gasteiger partial charge is 0.379 e. The van der Waals surface area contributed by atoms with Crippen LogP contribution in [0.25, 0.3) is 11.2 Å². The lowest BCUT2D eigenvalue weighted by Gasteiger charge is -2.28. The van der Waals surface area contributed by atoms with E-state index in [-0.39, 0.29) is 6.04 Å². The Hall–Kier alpha value is -2.95. The third kappa shape index (κ3) is 5.83. The molecule has 2 fully saturated rings. The summed E-state index contributed by atoms with van der Waals surface area (Å²) in [4.78, 5) is 19.0. The number of rotatable bonds is 9. The van der Waals surface area contributed by atoms with Crippen molar-refractivity contribution in [3.8, 4) is 0 Å². The third-order valence-electron chi connectivity index (χ3n) is 6.52. The first kappa shape index (κ1) is 23.8. The number of imidazole rings is 1. The number of morpholine rings is 2. The fourth-order valence-corrected chi connectivity index (χ4v) is 4.51. The van der Waals surface area contributed by atoms with E-state index in [1.807, 2.05) is 6.33 Å². The summed E-state index contributed by atoms with van der Waals surface area (Å²) >= 11 is 0. The van der Waals surface area contributed by atoms with Gasteiger partial charge < -0.3 is 29.6 Å². The van der Waals surface area contributed by atoms with E-state index in [0.717, 1.165) is 94.8 Å². The quantitative estimate of drug-likeness (QED) is 0.448. The number of nitrogens with one attached hydrogen (secondary N) is 2. The first-order chi connectivity index (χ1) is 17.2. The van der Waals surface area contributed by atoms with Crippen LogP contribution in [-0.4, -0.2) is 90.1 Å². The Morgan fingerprint density at radius 2 is 1.66 bits per heavy atom. The van der Waals surface area contributed by atoms with Gasteiger partial charge in [-0.2, -0.15) is 9.97 Å². The lowest BCUT2D eigenvalue weighted by molar-refractivity contribution is 0.0378. The molecule has 0 bridgehead atoms. The van der Waals surface area contributed by atoms with Crippen molar-refractivity contribution in [3.05, 3.63) is 30.6 Å². The highest BCUT2D eigenvalue weighted by Gasteiger charge is 2.16. The van der Waals surface area contributed by atoms with Crippen molar-refractivity contribution < 1.29 is 9.47 Å². The van der Waals surface area contributed by atoms with E-state index in [1.165, 1.54) is 5.69 Å². The van der Waals surface area contributed by atoms with Gasteiger partial charge in [0.15, 0.2) is 17.0 Å². The summed E-state index contributed by atoms with van der Waals surface area (Å²) in [7, 11) is 0. The van der Waals surface area contributed by atoms with Crippen molar-refractivity contribution in [3.63, 3.8) is 0 Å². The Kier molecular flexibility index (Phi) is 7.60. The molecule has 10 nitrogen and oxygen atoms in total. The van der Waals surface area contributed by atoms with Crippen LogP contribution in [0.4, 0.5) is 23.1 Å². The Balaban J connectivity index is 1.30. The van der Waals surface area contributed by atoms with Crippen LogP contribution >= 0.6 is 0 Å². The minimum Gasteiger partial charge on any atom is -0.379 e. The number of fused-ring (bicyclic) bond motifs is 1. The van der Waals surface area contributed by atoms with Crippen molar-refractivity contribution in [1.29, 1.82) is 0 Å². The Morgan fingerprint density at radius 3 is 2.37 bits per heavy atom. The van der Waals surface area contributed by atoms with Gasteiger partial charge in [0.2, 0.25) is 5.95 Å². The van der Waals surface area contributed by atoms with Gasteiger partial charge in [0, 0.05) is 50.1 Å². The van der Waals surface area contributed by atoms with Crippen LogP contribution in [-0.2, 0) is 9.47 Å². The van der Waals surface area contributed by atoms with Crippen molar-refractivity contribution in [1.82, 2.24) is 24.4 Å². The first-order valence-corrected chi connectivity index (χ1v) is 12.7. The third-order valence-corrected chi connectivity index (χ3v) is 6.52. The second-order valence-corrected chi connectivity index (χ2v) is 9.32. The highest BCUT2D eigenvalue weighted by molar-refractivity contribution is 5.84. The molecule has 4 heterocycles. The first-order valence-electron chi connectivity index (χ1n) is 12.7. The van der Waals surface area contributed by atoms with Crippen LogP contribution in [0.1, 0.15) is 26.3 Å². The predicted octanol–water partition coefficient (Wildman–Crippen LogP) is 3.12. The molecule has 2 N–H and O–H groups in total. The lowest BCUT2D eigenvalue weighted by atomic mass is 10.2. The van der Waals surface area contributed by atoms with Crippen molar-refractivity contribution in [2.24, 2.45) is 0 Å². The molecule has 0 amide bonds. The number of benzene rings is 1. The zero-order valence-electron chi connectivity index (χ0n) is 20.7. The van der Waals surface area contributed by atoms with Gasteiger partial charge in [-0.15, -0.1) is 0 Å². The minimum atomic E-state index is 0.254. The monoisotopic (exact) mass is 480 g/mol. The molecule has 35 heavy (non-hydrogen) atoms. The summed E-state index contributed by atoms with van der Waals surface area (Å²) in [6.07, 6.45) is 2.88. The Bertz CT molecular complexity index is 1090. The average Bonchev–Trinajstić information content (AvgIpc) is 3.33. The summed E-state index contributed by atoms with van der Waals surface area (Å²) in [6, 6.07) is 8.68. The number of nitrogens with zero attached hydrogens (tertiary/aromatic N) is 6. The van der Waals surface area contributed by atoms with Gasteiger partial charge in [-0.1, -0.05) is 0 Å². The molecule has 0 saturated carbocycles. The lowest BCUT2D eigenvalue weighted by Crippen LogP contribution is -2.37. The van der Waals surface area contributed by atoms with Gasteiger partial charge in [-0.05, 0) is 51.1 Å². The molecule has 5 rings (SSSR count). The minimum absolute atomic E-state index is 0.254. The van der Waals surface area contributed by atoms with Gasteiger partial charge in [0.05, 0.1) is 32.8 Å². The molecule has 10 heteroatoms. The zero-order valence-corrected chi connectivity index (χ0v) is 20.7. The number of hydrogen-bond acceptors (Lipinski definition) is 9. The van der Waals surface area contributed by atoms with E-state index in [0.29, 0.717) is 5.95 Å². The molecule has 2 aromatic heterocycles. The predicted molar refractivity (Wildman–Crippen MR) is 139 cm³/mol. The molecule has 2 aliphatic heterocycles. The summed E-state index contributed by atoms with van der Waals surface area (Å²) in [5.41, 5.74) is 3.79. The number of aromatic nitrogens is 4. The molecule has 1 aromatic carbocycles.